The van der Waals surface area contributed by atoms with Gasteiger partial charge in [0.05, 0.1) is 7.05 Å². The third-order valence-corrected chi connectivity index (χ3v) is 6.20. The minimum absolute atomic E-state index is 0.938. The van der Waals surface area contributed by atoms with Crippen molar-refractivity contribution < 1.29 is 8.98 Å². The van der Waals surface area contributed by atoms with Crippen molar-refractivity contribution in [2.45, 2.75) is 13.8 Å². The Morgan fingerprint density at radius 3 is 2.38 bits per heavy atom. The van der Waals surface area contributed by atoms with Crippen LogP contribution in [0.5, 0.6) is 0 Å². The van der Waals surface area contributed by atoms with Gasteiger partial charge >= 0.3 is 0 Å². The quantitative estimate of drug-likeness (QED) is 0.316. The van der Waals surface area contributed by atoms with Gasteiger partial charge in [0.15, 0.2) is 11.0 Å². The molecule has 4 aromatic carbocycles. The van der Waals surface area contributed by atoms with Crippen molar-refractivity contribution in [3.8, 4) is 5.69 Å². The van der Waals surface area contributed by atoms with E-state index < -0.39 is 0 Å². The van der Waals surface area contributed by atoms with E-state index in [4.69, 9.17) is 4.42 Å². The van der Waals surface area contributed by atoms with Crippen molar-refractivity contribution in [1.82, 2.24) is 4.57 Å². The van der Waals surface area contributed by atoms with Gasteiger partial charge in [-0.1, -0.05) is 36.4 Å². The fourth-order valence-corrected chi connectivity index (χ4v) is 4.56. The van der Waals surface area contributed by atoms with Crippen LogP contribution in [-0.2, 0) is 7.05 Å². The highest BCUT2D eigenvalue weighted by molar-refractivity contribution is 6.11. The number of furan rings is 1. The van der Waals surface area contributed by atoms with Crippen LogP contribution in [0.1, 0.15) is 11.4 Å². The standard InChI is InChI=1S/C26H21N2O/c1-16-8-4-6-10-22(16)28-17(2)27(3)23-13-18-12-21-20-9-5-7-11-25(20)29-26(21)15-19(18)14-24(23)28/h4-15H,1-3H3/q+1. The van der Waals surface area contributed by atoms with Gasteiger partial charge in [0.2, 0.25) is 0 Å². The van der Waals surface area contributed by atoms with Crippen LogP contribution in [0.2, 0.25) is 0 Å². The van der Waals surface area contributed by atoms with Gasteiger partial charge < -0.3 is 4.42 Å². The summed E-state index contributed by atoms with van der Waals surface area (Å²) in [7, 11) is 2.14. The fourth-order valence-electron chi connectivity index (χ4n) is 4.56. The van der Waals surface area contributed by atoms with Crippen LogP contribution in [0.15, 0.2) is 77.2 Å². The van der Waals surface area contributed by atoms with E-state index in [2.05, 4.69) is 90.7 Å². The number of aromatic nitrogens is 2. The second-order valence-corrected chi connectivity index (χ2v) is 7.86. The minimum atomic E-state index is 0.938. The molecular formula is C26H21N2O+. The van der Waals surface area contributed by atoms with Gasteiger partial charge in [0.1, 0.15) is 16.9 Å². The summed E-state index contributed by atoms with van der Waals surface area (Å²) < 4.78 is 10.8. The molecule has 0 aliphatic heterocycles. The molecule has 0 spiro atoms. The number of aryl methyl sites for hydroxylation is 2. The summed E-state index contributed by atoms with van der Waals surface area (Å²) in [6.07, 6.45) is 0. The molecule has 0 bridgehead atoms. The molecule has 0 radical (unpaired) electrons. The van der Waals surface area contributed by atoms with Crippen molar-refractivity contribution in [3.05, 3.63) is 84.2 Å². The zero-order chi connectivity index (χ0) is 19.7. The molecule has 2 heterocycles. The second kappa shape index (κ2) is 5.71. The van der Waals surface area contributed by atoms with E-state index in [1.165, 1.54) is 49.7 Å². The lowest BCUT2D eigenvalue weighted by Crippen LogP contribution is -2.30. The molecule has 3 heteroatoms. The topological polar surface area (TPSA) is 21.9 Å². The third-order valence-electron chi connectivity index (χ3n) is 6.20. The Labute approximate surface area is 168 Å². The summed E-state index contributed by atoms with van der Waals surface area (Å²) in [4.78, 5) is 0. The van der Waals surface area contributed by atoms with E-state index in [-0.39, 0.29) is 0 Å². The summed E-state index contributed by atoms with van der Waals surface area (Å²) in [5.74, 6) is 1.21. The third kappa shape index (κ3) is 2.21. The maximum Gasteiger partial charge on any atom is 0.259 e. The molecule has 0 aliphatic carbocycles. The van der Waals surface area contributed by atoms with Gasteiger partial charge in [-0.3, -0.25) is 0 Å². The molecule has 0 saturated heterocycles. The lowest BCUT2D eigenvalue weighted by Gasteiger charge is -2.04. The number of benzene rings is 4. The number of hydrogen-bond acceptors (Lipinski definition) is 1. The van der Waals surface area contributed by atoms with Crippen LogP contribution in [0, 0.1) is 13.8 Å². The van der Waals surface area contributed by atoms with E-state index >= 15 is 0 Å². The number of imidazole rings is 1. The second-order valence-electron chi connectivity index (χ2n) is 7.86. The summed E-state index contributed by atoms with van der Waals surface area (Å²) in [6.45, 7) is 4.34. The Bertz CT molecular complexity index is 1580. The first-order chi connectivity index (χ1) is 14.1. The molecule has 0 fully saturated rings. The predicted octanol–water partition coefficient (Wildman–Crippen LogP) is 6.12. The molecule has 0 amide bonds. The normalized spacial score (nSPS) is 12.0. The number of nitrogens with zero attached hydrogens (tertiary/aromatic N) is 2. The van der Waals surface area contributed by atoms with Crippen LogP contribution in [0.4, 0.5) is 0 Å². The monoisotopic (exact) mass is 377 g/mol. The zero-order valence-corrected chi connectivity index (χ0v) is 16.7. The minimum Gasteiger partial charge on any atom is -0.456 e. The van der Waals surface area contributed by atoms with Gasteiger partial charge in [-0.15, -0.1) is 0 Å². The van der Waals surface area contributed by atoms with Crippen molar-refractivity contribution in [2.24, 2.45) is 7.05 Å². The van der Waals surface area contributed by atoms with Crippen LogP contribution >= 0.6 is 0 Å². The number of para-hydroxylation sites is 2. The summed E-state index contributed by atoms with van der Waals surface area (Å²) >= 11 is 0. The van der Waals surface area contributed by atoms with Crippen molar-refractivity contribution in [1.29, 1.82) is 0 Å². The Balaban J connectivity index is 1.74. The largest absolute Gasteiger partial charge is 0.456 e. The average molecular weight is 377 g/mol. The number of hydrogen-bond donors (Lipinski definition) is 0. The number of fused-ring (bicyclic) bond motifs is 5. The first kappa shape index (κ1) is 16.4. The van der Waals surface area contributed by atoms with Crippen LogP contribution < -0.4 is 4.57 Å². The first-order valence-electron chi connectivity index (χ1n) is 9.94. The highest BCUT2D eigenvalue weighted by Crippen LogP contribution is 2.34. The molecule has 3 nitrogen and oxygen atoms in total. The molecule has 0 N–H and O–H groups in total. The van der Waals surface area contributed by atoms with Crippen molar-refractivity contribution in [2.75, 3.05) is 0 Å². The Morgan fingerprint density at radius 1 is 0.759 bits per heavy atom. The van der Waals surface area contributed by atoms with E-state index in [1.807, 2.05) is 12.1 Å². The van der Waals surface area contributed by atoms with E-state index in [0.717, 1.165) is 11.2 Å². The summed E-state index contributed by atoms with van der Waals surface area (Å²) in [6, 6.07) is 25.8. The van der Waals surface area contributed by atoms with Crippen LogP contribution in [0.25, 0.3) is 49.4 Å². The van der Waals surface area contributed by atoms with Gasteiger partial charge in [-0.25, -0.2) is 4.57 Å². The van der Waals surface area contributed by atoms with Crippen molar-refractivity contribution in [3.63, 3.8) is 0 Å². The molecule has 0 aliphatic rings. The molecule has 0 atom stereocenters. The van der Waals surface area contributed by atoms with Gasteiger partial charge in [-0.05, 0) is 59.7 Å². The maximum absolute atomic E-state index is 6.12. The highest BCUT2D eigenvalue weighted by atomic mass is 16.3. The van der Waals surface area contributed by atoms with E-state index in [9.17, 15) is 0 Å². The highest BCUT2D eigenvalue weighted by Gasteiger charge is 2.23. The molecular weight excluding hydrogens is 356 g/mol. The Morgan fingerprint density at radius 2 is 1.52 bits per heavy atom. The Kier molecular flexibility index (Phi) is 3.22. The average Bonchev–Trinajstić information content (AvgIpc) is 3.20. The SMILES string of the molecule is Cc1ccccc1-n1c(C)[n+](C)c2cc3cc4c(cc3cc21)oc1ccccc14. The summed E-state index contributed by atoms with van der Waals surface area (Å²) in [5.41, 5.74) is 6.80. The molecule has 6 aromatic rings. The molecule has 140 valence electrons. The predicted molar refractivity (Wildman–Crippen MR) is 119 cm³/mol. The van der Waals surface area contributed by atoms with Crippen LogP contribution in [0.3, 0.4) is 0 Å². The van der Waals surface area contributed by atoms with Gasteiger partial charge in [-0.2, -0.15) is 4.57 Å². The van der Waals surface area contributed by atoms with E-state index in [1.54, 1.807) is 0 Å². The van der Waals surface area contributed by atoms with Crippen LogP contribution in [-0.4, -0.2) is 4.57 Å². The fraction of sp³-hybridized carbons (Fsp3) is 0.115. The smallest absolute Gasteiger partial charge is 0.259 e. The molecule has 2 aromatic heterocycles. The maximum atomic E-state index is 6.12. The molecule has 6 rings (SSSR count). The lowest BCUT2D eigenvalue weighted by molar-refractivity contribution is -0.652. The lowest BCUT2D eigenvalue weighted by atomic mass is 10.0. The molecule has 0 saturated carbocycles. The van der Waals surface area contributed by atoms with Crippen molar-refractivity contribution >= 4 is 43.7 Å². The van der Waals surface area contributed by atoms with Gasteiger partial charge in [0, 0.05) is 17.7 Å². The summed E-state index contributed by atoms with van der Waals surface area (Å²) in [5, 5.41) is 4.76. The number of rotatable bonds is 1. The first-order valence-corrected chi connectivity index (χ1v) is 9.94. The molecule has 29 heavy (non-hydrogen) atoms. The Hall–Kier alpha value is -3.59. The molecule has 0 unspecified atom stereocenters. The van der Waals surface area contributed by atoms with Gasteiger partial charge in [0.25, 0.3) is 5.82 Å². The van der Waals surface area contributed by atoms with E-state index in [0.29, 0.717) is 0 Å². The zero-order valence-electron chi connectivity index (χ0n) is 16.7.